The average Bonchev–Trinajstić information content (AvgIpc) is 1.62. The van der Waals surface area contributed by atoms with E-state index in [0.29, 0.717) is 0 Å². The van der Waals surface area contributed by atoms with E-state index in [4.69, 9.17) is 0 Å². The summed E-state index contributed by atoms with van der Waals surface area (Å²) < 4.78 is 28.6. The van der Waals surface area contributed by atoms with Crippen LogP contribution in [0.15, 0.2) is 0 Å². The minimum absolute atomic E-state index is 0.126. The molecule has 4 heteroatoms. The zero-order valence-corrected chi connectivity index (χ0v) is 5.16. The molecule has 1 rings (SSSR count). The van der Waals surface area contributed by atoms with Gasteiger partial charge in [0.15, 0.2) is 0 Å². The summed E-state index contributed by atoms with van der Waals surface area (Å²) in [5.41, 5.74) is -1.04. The summed E-state index contributed by atoms with van der Waals surface area (Å²) in [6.45, 7) is 0.252. The molecule has 0 aliphatic carbocycles. The molecule has 0 bridgehead atoms. The lowest BCUT2D eigenvalue weighted by Gasteiger charge is -2.40. The molecule has 54 valence electrons. The third-order valence-corrected chi connectivity index (χ3v) is 1.63. The summed E-state index contributed by atoms with van der Waals surface area (Å²) in [5.74, 6) is 0. The molecule has 1 aliphatic rings. The van der Waals surface area contributed by atoms with Crippen molar-refractivity contribution in [2.24, 2.45) is 0 Å². The van der Waals surface area contributed by atoms with Crippen LogP contribution in [0.3, 0.4) is 0 Å². The first-order valence-corrected chi connectivity index (χ1v) is 2.76. The number of likely N-dealkylation sites (N-methyl/N-ethyl adjacent to an activating group) is 1. The van der Waals surface area contributed by atoms with Gasteiger partial charge in [0.2, 0.25) is 0 Å². The Bertz CT molecular complexity index is 97.6. The lowest BCUT2D eigenvalue weighted by molar-refractivity contribution is -0.141. The van der Waals surface area contributed by atoms with E-state index in [2.05, 4.69) is 10.1 Å². The van der Waals surface area contributed by atoms with E-state index in [-0.39, 0.29) is 13.2 Å². The lowest BCUT2D eigenvalue weighted by atomic mass is 9.99. The van der Waals surface area contributed by atoms with Crippen molar-refractivity contribution in [2.45, 2.75) is 12.0 Å². The Morgan fingerprint density at radius 1 is 1.56 bits per heavy atom. The molecule has 1 heterocycles. The molecule has 0 aromatic rings. The molecule has 0 aromatic heterocycles. The number of hydrogen-bond donors (Lipinski definition) is 1. The SMILES string of the molecule is CNC1(C(F)F)COC1. The van der Waals surface area contributed by atoms with Crippen molar-refractivity contribution in [1.82, 2.24) is 5.32 Å². The van der Waals surface area contributed by atoms with Crippen LogP contribution in [0.2, 0.25) is 0 Å². The third kappa shape index (κ3) is 0.923. The van der Waals surface area contributed by atoms with E-state index < -0.39 is 12.0 Å². The van der Waals surface area contributed by atoms with Crippen molar-refractivity contribution in [3.63, 3.8) is 0 Å². The van der Waals surface area contributed by atoms with Crippen LogP contribution in [0.4, 0.5) is 8.78 Å². The van der Waals surface area contributed by atoms with Gasteiger partial charge in [-0.25, -0.2) is 8.78 Å². The van der Waals surface area contributed by atoms with Gasteiger partial charge in [0.05, 0.1) is 13.2 Å². The van der Waals surface area contributed by atoms with E-state index in [0.717, 1.165) is 0 Å². The number of alkyl halides is 2. The molecule has 1 fully saturated rings. The summed E-state index contributed by atoms with van der Waals surface area (Å²) in [6.07, 6.45) is -2.32. The predicted molar refractivity (Wildman–Crippen MR) is 28.6 cm³/mol. The number of rotatable bonds is 2. The molecule has 0 amide bonds. The molecule has 1 N–H and O–H groups in total. The Balaban J connectivity index is 2.46. The minimum atomic E-state index is -2.32. The highest BCUT2D eigenvalue weighted by molar-refractivity contribution is 4.95. The number of nitrogens with one attached hydrogen (secondary N) is 1. The molecule has 0 saturated carbocycles. The predicted octanol–water partition coefficient (Wildman–Crippen LogP) is 0.240. The van der Waals surface area contributed by atoms with E-state index in [1.54, 1.807) is 0 Å². The lowest BCUT2D eigenvalue weighted by Crippen LogP contribution is -2.64. The van der Waals surface area contributed by atoms with Gasteiger partial charge in [-0.05, 0) is 7.05 Å². The van der Waals surface area contributed by atoms with Gasteiger partial charge in [-0.2, -0.15) is 0 Å². The first kappa shape index (κ1) is 6.89. The van der Waals surface area contributed by atoms with E-state index in [1.165, 1.54) is 7.05 Å². The Morgan fingerprint density at radius 3 is 2.11 bits per heavy atom. The standard InChI is InChI=1S/C5H9F2NO/c1-8-5(4(6)7)2-9-3-5/h4,8H,2-3H2,1H3. The fraction of sp³-hybridized carbons (Fsp3) is 1.00. The van der Waals surface area contributed by atoms with Crippen LogP contribution >= 0.6 is 0 Å². The minimum Gasteiger partial charge on any atom is -0.377 e. The van der Waals surface area contributed by atoms with Crippen LogP contribution in [0.1, 0.15) is 0 Å². The van der Waals surface area contributed by atoms with Crippen molar-refractivity contribution in [2.75, 3.05) is 20.3 Å². The smallest absolute Gasteiger partial charge is 0.261 e. The summed E-state index contributed by atoms with van der Waals surface area (Å²) >= 11 is 0. The van der Waals surface area contributed by atoms with Crippen molar-refractivity contribution in [3.05, 3.63) is 0 Å². The van der Waals surface area contributed by atoms with Crippen LogP contribution in [0.25, 0.3) is 0 Å². The molecule has 0 radical (unpaired) electrons. The molecule has 0 atom stereocenters. The Kier molecular flexibility index (Phi) is 1.68. The van der Waals surface area contributed by atoms with Crippen LogP contribution in [-0.4, -0.2) is 32.2 Å². The zero-order valence-electron chi connectivity index (χ0n) is 5.16. The summed E-state index contributed by atoms with van der Waals surface area (Å²) in [4.78, 5) is 0. The van der Waals surface area contributed by atoms with Gasteiger partial charge in [-0.3, -0.25) is 0 Å². The van der Waals surface area contributed by atoms with Gasteiger partial charge in [-0.15, -0.1) is 0 Å². The second-order valence-electron chi connectivity index (χ2n) is 2.20. The maximum absolute atomic E-state index is 12.0. The maximum Gasteiger partial charge on any atom is 0.261 e. The normalized spacial score (nSPS) is 24.0. The zero-order chi connectivity index (χ0) is 6.91. The summed E-state index contributed by atoms with van der Waals surface area (Å²) in [5, 5.41) is 2.54. The summed E-state index contributed by atoms with van der Waals surface area (Å²) in [6, 6.07) is 0. The first-order chi connectivity index (χ1) is 4.21. The third-order valence-electron chi connectivity index (χ3n) is 1.63. The topological polar surface area (TPSA) is 21.3 Å². The molecule has 1 saturated heterocycles. The van der Waals surface area contributed by atoms with Crippen molar-refractivity contribution in [3.8, 4) is 0 Å². The fourth-order valence-electron chi connectivity index (χ4n) is 0.701. The van der Waals surface area contributed by atoms with E-state index in [9.17, 15) is 8.78 Å². The molecule has 0 aromatic carbocycles. The Labute approximate surface area is 52.2 Å². The van der Waals surface area contributed by atoms with Crippen LogP contribution in [0, 0.1) is 0 Å². The summed E-state index contributed by atoms with van der Waals surface area (Å²) in [7, 11) is 1.52. The van der Waals surface area contributed by atoms with E-state index in [1.807, 2.05) is 0 Å². The number of hydrogen-bond acceptors (Lipinski definition) is 2. The van der Waals surface area contributed by atoms with Crippen molar-refractivity contribution < 1.29 is 13.5 Å². The van der Waals surface area contributed by atoms with Gasteiger partial charge >= 0.3 is 0 Å². The van der Waals surface area contributed by atoms with Gasteiger partial charge in [0.1, 0.15) is 5.54 Å². The van der Waals surface area contributed by atoms with E-state index >= 15 is 0 Å². The van der Waals surface area contributed by atoms with Gasteiger partial charge in [0, 0.05) is 0 Å². The molecule has 9 heavy (non-hydrogen) atoms. The quantitative estimate of drug-likeness (QED) is 0.588. The number of halogens is 2. The molecule has 0 unspecified atom stereocenters. The average molecular weight is 137 g/mol. The second-order valence-corrected chi connectivity index (χ2v) is 2.20. The van der Waals surface area contributed by atoms with Crippen LogP contribution in [-0.2, 0) is 4.74 Å². The van der Waals surface area contributed by atoms with Crippen molar-refractivity contribution >= 4 is 0 Å². The maximum atomic E-state index is 12.0. The molecular formula is C5H9F2NO. The highest BCUT2D eigenvalue weighted by Crippen LogP contribution is 2.23. The Morgan fingerprint density at radius 2 is 2.11 bits per heavy atom. The van der Waals surface area contributed by atoms with Crippen molar-refractivity contribution in [1.29, 1.82) is 0 Å². The largest absolute Gasteiger partial charge is 0.377 e. The highest BCUT2D eigenvalue weighted by atomic mass is 19.3. The van der Waals surface area contributed by atoms with Crippen LogP contribution < -0.4 is 5.32 Å². The Hall–Kier alpha value is -0.220. The van der Waals surface area contributed by atoms with Gasteiger partial charge < -0.3 is 10.1 Å². The molecular weight excluding hydrogens is 128 g/mol. The highest BCUT2D eigenvalue weighted by Gasteiger charge is 2.45. The molecule has 2 nitrogen and oxygen atoms in total. The number of ether oxygens (including phenoxy) is 1. The van der Waals surface area contributed by atoms with Gasteiger partial charge in [0.25, 0.3) is 6.43 Å². The molecule has 0 spiro atoms. The van der Waals surface area contributed by atoms with Crippen LogP contribution in [0.5, 0.6) is 0 Å². The first-order valence-electron chi connectivity index (χ1n) is 2.76. The fourth-order valence-corrected chi connectivity index (χ4v) is 0.701. The van der Waals surface area contributed by atoms with Gasteiger partial charge in [-0.1, -0.05) is 0 Å². The molecule has 1 aliphatic heterocycles. The monoisotopic (exact) mass is 137 g/mol. The second kappa shape index (κ2) is 2.19.